The lowest BCUT2D eigenvalue weighted by molar-refractivity contribution is 0.0253. The Labute approximate surface area is 130 Å². The lowest BCUT2D eigenvalue weighted by Crippen LogP contribution is -2.38. The number of hydrogen-bond acceptors (Lipinski definition) is 5. The second kappa shape index (κ2) is 11.0. The first kappa shape index (κ1) is 19.5. The van der Waals surface area contributed by atoms with Crippen molar-refractivity contribution >= 4 is 13.8 Å². The molecule has 128 valence electrons. The second-order valence-corrected chi connectivity index (χ2v) is 6.43. The van der Waals surface area contributed by atoms with Gasteiger partial charge in [0.1, 0.15) is 0 Å². The summed E-state index contributed by atoms with van der Waals surface area (Å²) in [7, 11) is -4.64. The third-order valence-electron chi connectivity index (χ3n) is 3.45. The molecule has 0 amide bonds. The summed E-state index contributed by atoms with van der Waals surface area (Å²) >= 11 is 0. The molecule has 1 heterocycles. The highest BCUT2D eigenvalue weighted by atomic mass is 31.2. The number of rotatable bonds is 4. The van der Waals surface area contributed by atoms with Crippen LogP contribution in [0.3, 0.4) is 0 Å². The van der Waals surface area contributed by atoms with Crippen LogP contribution in [0.5, 0.6) is 0 Å². The molecule has 1 saturated carbocycles. The van der Waals surface area contributed by atoms with Crippen molar-refractivity contribution in [3.05, 3.63) is 0 Å². The van der Waals surface area contributed by atoms with Gasteiger partial charge in [0.05, 0.1) is 31.3 Å². The van der Waals surface area contributed by atoms with Crippen LogP contribution in [0, 0.1) is 0 Å². The fraction of sp³-hybridized carbons (Fsp3) is 0.923. The zero-order chi connectivity index (χ0) is 16.3. The zero-order valence-electron chi connectivity index (χ0n) is 12.7. The zero-order valence-corrected chi connectivity index (χ0v) is 13.6. The van der Waals surface area contributed by atoms with Crippen molar-refractivity contribution < 1.29 is 24.0 Å². The normalized spacial score (nSPS) is 23.0. The molecule has 0 bridgehead atoms. The molecule has 0 radical (unpaired) electrons. The summed E-state index contributed by atoms with van der Waals surface area (Å²) in [5.41, 5.74) is 0. The predicted molar refractivity (Wildman–Crippen MR) is 83.1 cm³/mol. The average Bonchev–Trinajstić information content (AvgIpc) is 2.47. The second-order valence-electron chi connectivity index (χ2n) is 5.40. The van der Waals surface area contributed by atoms with E-state index in [9.17, 15) is 0 Å². The number of hydrogen-bond donors (Lipinski definition) is 4. The molecule has 2 fully saturated rings. The Bertz CT molecular complexity index is 388. The lowest BCUT2D eigenvalue weighted by atomic mass is 9.96. The van der Waals surface area contributed by atoms with Crippen molar-refractivity contribution in [3.63, 3.8) is 0 Å². The van der Waals surface area contributed by atoms with Gasteiger partial charge in [0.15, 0.2) is 0 Å². The summed E-state index contributed by atoms with van der Waals surface area (Å²) < 4.78 is 14.5. The van der Waals surface area contributed by atoms with E-state index in [1.54, 1.807) is 0 Å². The first-order valence-corrected chi connectivity index (χ1v) is 9.23. The molecule has 1 aliphatic heterocycles. The number of phosphoric acid groups is 1. The van der Waals surface area contributed by atoms with E-state index in [-0.39, 0.29) is 0 Å². The molecular formula is C13H26N3O5P. The van der Waals surface area contributed by atoms with Crippen LogP contribution < -0.4 is 5.32 Å². The van der Waals surface area contributed by atoms with Crippen molar-refractivity contribution in [1.29, 1.82) is 0 Å². The Morgan fingerprint density at radius 1 is 1.23 bits per heavy atom. The fourth-order valence-corrected chi connectivity index (χ4v) is 2.40. The van der Waals surface area contributed by atoms with Gasteiger partial charge in [-0.1, -0.05) is 19.3 Å². The van der Waals surface area contributed by atoms with Crippen LogP contribution in [0.4, 0.5) is 0 Å². The summed E-state index contributed by atoms with van der Waals surface area (Å²) in [6.45, 7) is 3.53. The van der Waals surface area contributed by atoms with Crippen LogP contribution in [0.2, 0.25) is 0 Å². The highest BCUT2D eigenvalue weighted by molar-refractivity contribution is 7.45. The van der Waals surface area contributed by atoms with Gasteiger partial charge in [0.25, 0.3) is 0 Å². The van der Waals surface area contributed by atoms with Crippen LogP contribution in [-0.4, -0.2) is 59.1 Å². The Morgan fingerprint density at radius 2 is 1.91 bits per heavy atom. The van der Waals surface area contributed by atoms with Gasteiger partial charge in [-0.15, -0.1) is 0 Å². The van der Waals surface area contributed by atoms with E-state index >= 15 is 0 Å². The van der Waals surface area contributed by atoms with Gasteiger partial charge in [-0.2, -0.15) is 0 Å². The molecular weight excluding hydrogens is 309 g/mol. The first-order chi connectivity index (χ1) is 10.4. The number of aliphatic imine (C=N–C) groups is 2. The van der Waals surface area contributed by atoms with Gasteiger partial charge in [-0.25, -0.2) is 14.5 Å². The molecule has 1 aliphatic carbocycles. The maximum absolute atomic E-state index is 8.88. The molecule has 1 saturated heterocycles. The van der Waals surface area contributed by atoms with Gasteiger partial charge in [-0.05, 0) is 19.3 Å². The minimum absolute atomic E-state index is 0.323. The molecule has 2 rings (SSSR count). The minimum atomic E-state index is -4.64. The van der Waals surface area contributed by atoms with E-state index in [1.165, 1.54) is 32.1 Å². The molecule has 0 aromatic rings. The standard InChI is InChI=1S/C13H23N3O.H3O4P/c1-2-4-12(5-3-1)16-11-15-7-6-13-10-14-8-9-17-13;1-5(2,3)4/h12-14H,1-10H2;(H3,1,2,3,4). The van der Waals surface area contributed by atoms with Gasteiger partial charge in [0.2, 0.25) is 0 Å². The van der Waals surface area contributed by atoms with Crippen molar-refractivity contribution in [1.82, 2.24) is 5.32 Å². The van der Waals surface area contributed by atoms with Crippen molar-refractivity contribution in [2.45, 2.75) is 50.7 Å². The fourth-order valence-electron chi connectivity index (χ4n) is 2.40. The Balaban J connectivity index is 0.000000422. The minimum Gasteiger partial charge on any atom is -0.376 e. The third kappa shape index (κ3) is 12.0. The monoisotopic (exact) mass is 335 g/mol. The predicted octanol–water partition coefficient (Wildman–Crippen LogP) is 0.943. The molecule has 0 spiro atoms. The van der Waals surface area contributed by atoms with Gasteiger partial charge in [0, 0.05) is 13.1 Å². The summed E-state index contributed by atoms with van der Waals surface area (Å²) in [5.74, 6) is 0. The maximum Gasteiger partial charge on any atom is 0.466 e. The number of morpholine rings is 1. The first-order valence-electron chi connectivity index (χ1n) is 7.67. The quantitative estimate of drug-likeness (QED) is 0.448. The number of nitrogens with one attached hydrogen (secondary N) is 1. The van der Waals surface area contributed by atoms with Crippen LogP contribution in [0.25, 0.3) is 0 Å². The SMILES string of the molecule is C(=NCCC1CNCCO1)=NC1CCCCC1.O=P(O)(O)O. The molecule has 1 unspecified atom stereocenters. The number of ether oxygens (including phenoxy) is 1. The van der Waals surface area contributed by atoms with Gasteiger partial charge >= 0.3 is 7.82 Å². The van der Waals surface area contributed by atoms with Gasteiger partial charge in [-0.3, -0.25) is 0 Å². The van der Waals surface area contributed by atoms with E-state index in [1.807, 2.05) is 0 Å². The lowest BCUT2D eigenvalue weighted by Gasteiger charge is -2.22. The maximum atomic E-state index is 8.88. The van der Waals surface area contributed by atoms with E-state index in [0.29, 0.717) is 12.1 Å². The van der Waals surface area contributed by atoms with Crippen molar-refractivity contribution in [3.8, 4) is 0 Å². The Kier molecular flexibility index (Phi) is 9.75. The molecule has 2 aliphatic rings. The molecule has 22 heavy (non-hydrogen) atoms. The Morgan fingerprint density at radius 3 is 2.50 bits per heavy atom. The summed E-state index contributed by atoms with van der Waals surface area (Å²) in [6.07, 6.45) is 7.74. The average molecular weight is 335 g/mol. The van der Waals surface area contributed by atoms with E-state index in [0.717, 1.165) is 32.7 Å². The smallest absolute Gasteiger partial charge is 0.376 e. The van der Waals surface area contributed by atoms with Crippen LogP contribution in [-0.2, 0) is 9.30 Å². The summed E-state index contributed by atoms with van der Waals surface area (Å²) in [4.78, 5) is 30.2. The van der Waals surface area contributed by atoms with Crippen molar-refractivity contribution in [2.75, 3.05) is 26.2 Å². The third-order valence-corrected chi connectivity index (χ3v) is 3.45. The molecule has 1 atom stereocenters. The van der Waals surface area contributed by atoms with Crippen LogP contribution >= 0.6 is 7.82 Å². The molecule has 0 aromatic heterocycles. The Hall–Kier alpha value is -0.590. The topological polar surface area (TPSA) is 124 Å². The van der Waals surface area contributed by atoms with Crippen LogP contribution in [0.15, 0.2) is 9.98 Å². The highest BCUT2D eigenvalue weighted by Gasteiger charge is 2.12. The van der Waals surface area contributed by atoms with E-state index < -0.39 is 7.82 Å². The van der Waals surface area contributed by atoms with E-state index in [4.69, 9.17) is 24.0 Å². The number of nitrogens with zero attached hydrogens (tertiary/aromatic N) is 2. The van der Waals surface area contributed by atoms with E-state index in [2.05, 4.69) is 21.3 Å². The largest absolute Gasteiger partial charge is 0.466 e. The summed E-state index contributed by atoms with van der Waals surface area (Å²) in [5, 5.41) is 3.32. The highest BCUT2D eigenvalue weighted by Crippen LogP contribution is 2.25. The van der Waals surface area contributed by atoms with Crippen LogP contribution in [0.1, 0.15) is 38.5 Å². The summed E-state index contributed by atoms with van der Waals surface area (Å²) in [6, 6.07) is 3.35. The van der Waals surface area contributed by atoms with Crippen molar-refractivity contribution in [2.24, 2.45) is 9.98 Å². The molecule has 4 N–H and O–H groups in total. The molecule has 9 heteroatoms. The molecule has 8 nitrogen and oxygen atoms in total. The molecule has 0 aromatic carbocycles. The van der Waals surface area contributed by atoms with Gasteiger partial charge < -0.3 is 24.7 Å².